The fourth-order valence-electron chi connectivity index (χ4n) is 1.27. The van der Waals surface area contributed by atoms with Crippen molar-refractivity contribution < 1.29 is 0 Å². The van der Waals surface area contributed by atoms with Gasteiger partial charge in [-0.1, -0.05) is 13.0 Å². The van der Waals surface area contributed by atoms with E-state index in [1.54, 1.807) is 0 Å². The zero-order chi connectivity index (χ0) is 12.0. The molecule has 0 fully saturated rings. The van der Waals surface area contributed by atoms with Crippen molar-refractivity contribution in [1.29, 1.82) is 5.26 Å². The van der Waals surface area contributed by atoms with Gasteiger partial charge in [0.15, 0.2) is 0 Å². The van der Waals surface area contributed by atoms with Crippen LogP contribution in [0.3, 0.4) is 0 Å². The van der Waals surface area contributed by atoms with Crippen LogP contribution in [0.4, 0.5) is 5.82 Å². The molecule has 0 saturated carbocycles. The molecular formula is C12H18N4. The lowest BCUT2D eigenvalue weighted by Gasteiger charge is -2.14. The van der Waals surface area contributed by atoms with E-state index in [2.05, 4.69) is 35.2 Å². The maximum Gasteiger partial charge on any atom is 0.145 e. The lowest BCUT2D eigenvalue weighted by atomic mass is 10.2. The number of nitrogens with one attached hydrogen (secondary N) is 1. The molecule has 4 heteroatoms. The molecule has 1 N–H and O–H groups in total. The zero-order valence-corrected chi connectivity index (χ0v) is 10.1. The third-order valence-electron chi connectivity index (χ3n) is 2.54. The first-order chi connectivity index (χ1) is 7.67. The second-order valence-corrected chi connectivity index (χ2v) is 3.80. The first kappa shape index (κ1) is 12.5. The molecule has 0 aromatic carbocycles. The summed E-state index contributed by atoms with van der Waals surface area (Å²) >= 11 is 0. The summed E-state index contributed by atoms with van der Waals surface area (Å²) in [6, 6.07) is 5.90. The number of pyridine rings is 1. The molecule has 0 amide bonds. The van der Waals surface area contributed by atoms with Gasteiger partial charge < -0.3 is 10.2 Å². The van der Waals surface area contributed by atoms with Gasteiger partial charge in [-0.15, -0.1) is 0 Å². The Labute approximate surface area is 96.9 Å². The van der Waals surface area contributed by atoms with Crippen LogP contribution in [0.25, 0.3) is 0 Å². The minimum absolute atomic E-state index is 0.494. The molecule has 0 unspecified atom stereocenters. The number of anilines is 1. The minimum atomic E-state index is 0.494. The third-order valence-corrected chi connectivity index (χ3v) is 2.54. The van der Waals surface area contributed by atoms with Crippen molar-refractivity contribution >= 4 is 5.82 Å². The fourth-order valence-corrected chi connectivity index (χ4v) is 1.27. The Kier molecular flexibility index (Phi) is 4.74. The Bertz CT molecular complexity index is 381. The first-order valence-corrected chi connectivity index (χ1v) is 5.47. The van der Waals surface area contributed by atoms with Crippen molar-refractivity contribution in [1.82, 2.24) is 9.88 Å². The van der Waals surface area contributed by atoms with Crippen LogP contribution >= 0.6 is 0 Å². The average Bonchev–Trinajstić information content (AvgIpc) is 2.31. The van der Waals surface area contributed by atoms with Gasteiger partial charge in [0, 0.05) is 13.1 Å². The van der Waals surface area contributed by atoms with Crippen LogP contribution in [-0.2, 0) is 0 Å². The summed E-state index contributed by atoms with van der Waals surface area (Å²) in [5.74, 6) is 0.770. The van der Waals surface area contributed by atoms with Crippen LogP contribution in [0.2, 0.25) is 0 Å². The van der Waals surface area contributed by atoms with Crippen molar-refractivity contribution in [2.24, 2.45) is 0 Å². The number of nitrogens with zero attached hydrogens (tertiary/aromatic N) is 3. The van der Waals surface area contributed by atoms with Gasteiger partial charge in [-0.05, 0) is 32.1 Å². The van der Waals surface area contributed by atoms with Crippen LogP contribution in [0.5, 0.6) is 0 Å². The van der Waals surface area contributed by atoms with E-state index in [1.165, 1.54) is 0 Å². The van der Waals surface area contributed by atoms with Gasteiger partial charge in [0.05, 0.1) is 0 Å². The summed E-state index contributed by atoms with van der Waals surface area (Å²) < 4.78 is 0. The normalized spacial score (nSPS) is 10.2. The fraction of sp³-hybridized carbons (Fsp3) is 0.500. The van der Waals surface area contributed by atoms with E-state index >= 15 is 0 Å². The number of nitriles is 1. The lowest BCUT2D eigenvalue weighted by molar-refractivity contribution is 0.367. The van der Waals surface area contributed by atoms with Crippen molar-refractivity contribution in [3.63, 3.8) is 0 Å². The summed E-state index contributed by atoms with van der Waals surface area (Å²) in [7, 11) is 2.07. The van der Waals surface area contributed by atoms with E-state index in [4.69, 9.17) is 5.26 Å². The van der Waals surface area contributed by atoms with Crippen LogP contribution in [0, 0.1) is 18.3 Å². The molecule has 1 aromatic rings. The molecule has 4 nitrogen and oxygen atoms in total. The Morgan fingerprint density at radius 1 is 1.50 bits per heavy atom. The molecule has 0 atom stereocenters. The van der Waals surface area contributed by atoms with Crippen molar-refractivity contribution in [3.8, 4) is 6.07 Å². The molecule has 0 bridgehead atoms. The maximum atomic E-state index is 8.85. The second kappa shape index (κ2) is 6.09. The van der Waals surface area contributed by atoms with E-state index in [9.17, 15) is 0 Å². The van der Waals surface area contributed by atoms with Crippen LogP contribution in [0.1, 0.15) is 18.2 Å². The Morgan fingerprint density at radius 2 is 2.25 bits per heavy atom. The number of aromatic nitrogens is 1. The predicted octanol–water partition coefficient (Wildman–Crippen LogP) is 1.63. The van der Waals surface area contributed by atoms with Crippen LogP contribution in [-0.4, -0.2) is 36.6 Å². The van der Waals surface area contributed by atoms with E-state index < -0.39 is 0 Å². The summed E-state index contributed by atoms with van der Waals surface area (Å²) in [6.45, 7) is 6.85. The number of hydrogen-bond acceptors (Lipinski definition) is 4. The molecule has 16 heavy (non-hydrogen) atoms. The Balaban J connectivity index is 2.52. The van der Waals surface area contributed by atoms with Gasteiger partial charge in [0.2, 0.25) is 0 Å². The van der Waals surface area contributed by atoms with Gasteiger partial charge >= 0.3 is 0 Å². The largest absolute Gasteiger partial charge is 0.369 e. The van der Waals surface area contributed by atoms with Crippen molar-refractivity contribution in [2.75, 3.05) is 32.0 Å². The highest BCUT2D eigenvalue weighted by Gasteiger charge is 2.01. The van der Waals surface area contributed by atoms with E-state index in [-0.39, 0.29) is 0 Å². The highest BCUT2D eigenvalue weighted by Crippen LogP contribution is 2.08. The van der Waals surface area contributed by atoms with E-state index in [1.807, 2.05) is 19.1 Å². The molecule has 0 aliphatic rings. The summed E-state index contributed by atoms with van der Waals surface area (Å²) in [4.78, 5) is 6.44. The number of aryl methyl sites for hydroxylation is 1. The lowest BCUT2D eigenvalue weighted by Crippen LogP contribution is -2.25. The summed E-state index contributed by atoms with van der Waals surface area (Å²) in [6.07, 6.45) is 0. The second-order valence-electron chi connectivity index (χ2n) is 3.80. The molecule has 0 saturated heterocycles. The van der Waals surface area contributed by atoms with Gasteiger partial charge in [-0.2, -0.15) is 5.26 Å². The first-order valence-electron chi connectivity index (χ1n) is 5.47. The number of hydrogen-bond donors (Lipinski definition) is 1. The van der Waals surface area contributed by atoms with Gasteiger partial charge in [-0.25, -0.2) is 4.98 Å². The molecule has 1 aromatic heterocycles. The molecule has 86 valence electrons. The number of rotatable bonds is 5. The van der Waals surface area contributed by atoms with E-state index in [0.717, 1.165) is 31.0 Å². The highest BCUT2D eigenvalue weighted by molar-refractivity contribution is 5.42. The van der Waals surface area contributed by atoms with Gasteiger partial charge in [0.1, 0.15) is 17.6 Å². The summed E-state index contributed by atoms with van der Waals surface area (Å²) in [5, 5.41) is 12.1. The number of likely N-dealkylation sites (N-methyl/N-ethyl adjacent to an activating group) is 1. The van der Waals surface area contributed by atoms with Crippen molar-refractivity contribution in [2.45, 2.75) is 13.8 Å². The SMILES string of the molecule is CCN(C)CCNc1ccc(C)c(C#N)n1. The molecule has 0 radical (unpaired) electrons. The monoisotopic (exact) mass is 218 g/mol. The standard InChI is InChI=1S/C12H18N4/c1-4-16(3)8-7-14-12-6-5-10(2)11(9-13)15-12/h5-6H,4,7-8H2,1-3H3,(H,14,15). The summed E-state index contributed by atoms with van der Waals surface area (Å²) in [5.41, 5.74) is 1.41. The molecule has 1 rings (SSSR count). The van der Waals surface area contributed by atoms with Crippen LogP contribution in [0.15, 0.2) is 12.1 Å². The topological polar surface area (TPSA) is 52.0 Å². The molecule has 0 aliphatic carbocycles. The quantitative estimate of drug-likeness (QED) is 0.816. The minimum Gasteiger partial charge on any atom is -0.369 e. The molecule has 0 spiro atoms. The Morgan fingerprint density at radius 3 is 2.88 bits per heavy atom. The highest BCUT2D eigenvalue weighted by atomic mass is 15.1. The van der Waals surface area contributed by atoms with E-state index in [0.29, 0.717) is 5.69 Å². The van der Waals surface area contributed by atoms with Crippen molar-refractivity contribution in [3.05, 3.63) is 23.4 Å². The molecular weight excluding hydrogens is 200 g/mol. The Hall–Kier alpha value is -1.60. The smallest absolute Gasteiger partial charge is 0.145 e. The third kappa shape index (κ3) is 3.52. The zero-order valence-electron chi connectivity index (χ0n) is 10.1. The maximum absolute atomic E-state index is 8.85. The molecule has 1 heterocycles. The van der Waals surface area contributed by atoms with Gasteiger partial charge in [-0.3, -0.25) is 0 Å². The predicted molar refractivity (Wildman–Crippen MR) is 65.3 cm³/mol. The average molecular weight is 218 g/mol. The van der Waals surface area contributed by atoms with Gasteiger partial charge in [0.25, 0.3) is 0 Å². The molecule has 0 aliphatic heterocycles. The van der Waals surface area contributed by atoms with Crippen LogP contribution < -0.4 is 5.32 Å².